The van der Waals surface area contributed by atoms with Crippen molar-refractivity contribution in [2.75, 3.05) is 16.8 Å². The summed E-state index contributed by atoms with van der Waals surface area (Å²) in [6.07, 6.45) is 1.30. The Morgan fingerprint density at radius 3 is 2.47 bits per heavy atom. The van der Waals surface area contributed by atoms with Crippen molar-refractivity contribution < 1.29 is 17.8 Å². The van der Waals surface area contributed by atoms with Gasteiger partial charge < -0.3 is 11.1 Å². The molecule has 3 N–H and O–H groups in total. The third kappa shape index (κ3) is 3.28. The van der Waals surface area contributed by atoms with Gasteiger partial charge in [-0.2, -0.15) is 0 Å². The molecule has 0 unspecified atom stereocenters. The molecule has 1 amide bonds. The number of primary amides is 1. The number of amides is 1. The normalized spacial score (nSPS) is 23.1. The number of rotatable bonds is 3. The summed E-state index contributed by atoms with van der Waals surface area (Å²) in [6, 6.07) is 1.69. The molecule has 0 aromatic heterocycles. The number of halogens is 2. The van der Waals surface area contributed by atoms with Gasteiger partial charge in [0, 0.05) is 34.4 Å². The Kier molecular flexibility index (Phi) is 4.14. The Hall–Kier alpha value is -1.50. The monoisotopic (exact) mass is 288 g/mol. The van der Waals surface area contributed by atoms with Gasteiger partial charge in [0.25, 0.3) is 5.91 Å². The van der Waals surface area contributed by atoms with Gasteiger partial charge in [0.15, 0.2) is 0 Å². The molecule has 1 fully saturated rings. The zero-order valence-electron chi connectivity index (χ0n) is 10.1. The first-order valence-electron chi connectivity index (χ1n) is 5.87. The lowest BCUT2D eigenvalue weighted by Crippen LogP contribution is -2.30. The molecular weight excluding hydrogens is 274 g/mol. The Balaban J connectivity index is 2.18. The molecule has 4 nitrogen and oxygen atoms in total. The number of benzene rings is 1. The summed E-state index contributed by atoms with van der Waals surface area (Å²) in [6.45, 7) is 0. The molecule has 1 heterocycles. The second-order valence-electron chi connectivity index (χ2n) is 4.44. The van der Waals surface area contributed by atoms with E-state index in [2.05, 4.69) is 5.32 Å². The maximum absolute atomic E-state index is 13.6. The second-order valence-corrected chi connectivity index (χ2v) is 6.14. The molecule has 0 radical (unpaired) electrons. The van der Waals surface area contributed by atoms with Crippen molar-refractivity contribution in [3.8, 4) is 0 Å². The van der Waals surface area contributed by atoms with Gasteiger partial charge in [0.05, 0.1) is 11.3 Å². The highest BCUT2D eigenvalue weighted by atomic mass is 32.2. The van der Waals surface area contributed by atoms with E-state index >= 15 is 0 Å². The molecule has 0 atom stereocenters. The fourth-order valence-electron chi connectivity index (χ4n) is 2.01. The van der Waals surface area contributed by atoms with Crippen LogP contribution < -0.4 is 11.1 Å². The van der Waals surface area contributed by atoms with Crippen molar-refractivity contribution in [2.24, 2.45) is 5.73 Å². The number of carbonyl (C=O) groups is 1. The lowest BCUT2D eigenvalue weighted by Gasteiger charge is -2.24. The first-order chi connectivity index (χ1) is 8.97. The number of carbonyl (C=O) groups excluding carboxylic acids is 1. The van der Waals surface area contributed by atoms with E-state index in [-0.39, 0.29) is 17.3 Å². The SMILES string of the molecule is NC(=O)c1cc(NC2CCS(=O)CC2)c(F)cc1F. The molecule has 1 aromatic rings. The standard InChI is InChI=1S/C12H14F2N2O2S/c13-9-6-10(14)11(5-8(9)12(15)17)16-7-1-3-19(18)4-2-7/h5-7,16H,1-4H2,(H2,15,17). The van der Waals surface area contributed by atoms with Crippen LogP contribution in [0.4, 0.5) is 14.5 Å². The van der Waals surface area contributed by atoms with E-state index in [1.807, 2.05) is 0 Å². The minimum Gasteiger partial charge on any atom is -0.380 e. The van der Waals surface area contributed by atoms with Gasteiger partial charge in [0.1, 0.15) is 11.6 Å². The molecule has 19 heavy (non-hydrogen) atoms. The zero-order chi connectivity index (χ0) is 14.0. The molecule has 0 bridgehead atoms. The van der Waals surface area contributed by atoms with Crippen LogP contribution in [-0.2, 0) is 10.8 Å². The van der Waals surface area contributed by atoms with Crippen molar-refractivity contribution >= 4 is 22.4 Å². The maximum atomic E-state index is 13.6. The molecule has 104 valence electrons. The predicted octanol–water partition coefficient (Wildman–Crippen LogP) is 1.39. The number of hydrogen-bond acceptors (Lipinski definition) is 3. The molecule has 1 saturated heterocycles. The lowest BCUT2D eigenvalue weighted by atomic mass is 10.1. The van der Waals surface area contributed by atoms with E-state index in [0.29, 0.717) is 30.4 Å². The first kappa shape index (κ1) is 13.9. The summed E-state index contributed by atoms with van der Waals surface area (Å²) in [7, 11) is -0.807. The van der Waals surface area contributed by atoms with Crippen LogP contribution in [0.3, 0.4) is 0 Å². The van der Waals surface area contributed by atoms with Crippen molar-refractivity contribution in [2.45, 2.75) is 18.9 Å². The van der Waals surface area contributed by atoms with Gasteiger partial charge in [-0.25, -0.2) is 8.78 Å². The third-order valence-electron chi connectivity index (χ3n) is 3.07. The molecule has 7 heteroatoms. The Labute approximate surface area is 111 Å². The zero-order valence-corrected chi connectivity index (χ0v) is 10.9. The average molecular weight is 288 g/mol. The summed E-state index contributed by atoms with van der Waals surface area (Å²) < 4.78 is 38.1. The fraction of sp³-hybridized carbons (Fsp3) is 0.417. The number of hydrogen-bond donors (Lipinski definition) is 2. The molecule has 2 rings (SSSR count). The molecule has 1 aliphatic rings. The average Bonchev–Trinajstić information content (AvgIpc) is 2.34. The Bertz CT molecular complexity index is 527. The molecule has 1 aliphatic heterocycles. The summed E-state index contributed by atoms with van der Waals surface area (Å²) >= 11 is 0. The minimum atomic E-state index is -0.972. The summed E-state index contributed by atoms with van der Waals surface area (Å²) in [5.74, 6) is -1.56. The maximum Gasteiger partial charge on any atom is 0.251 e. The number of anilines is 1. The number of nitrogens with one attached hydrogen (secondary N) is 1. The van der Waals surface area contributed by atoms with E-state index in [9.17, 15) is 17.8 Å². The van der Waals surface area contributed by atoms with Crippen LogP contribution in [0.1, 0.15) is 23.2 Å². The summed E-state index contributed by atoms with van der Waals surface area (Å²) in [4.78, 5) is 11.0. The Morgan fingerprint density at radius 2 is 1.89 bits per heavy atom. The van der Waals surface area contributed by atoms with Gasteiger partial charge in [-0.1, -0.05) is 0 Å². The van der Waals surface area contributed by atoms with Crippen molar-refractivity contribution in [3.63, 3.8) is 0 Å². The van der Waals surface area contributed by atoms with Crippen LogP contribution in [0.5, 0.6) is 0 Å². The second kappa shape index (κ2) is 5.64. The highest BCUT2D eigenvalue weighted by Gasteiger charge is 2.20. The molecule has 0 aliphatic carbocycles. The van der Waals surface area contributed by atoms with E-state index in [4.69, 9.17) is 5.73 Å². The minimum absolute atomic E-state index is 0.0293. The smallest absolute Gasteiger partial charge is 0.251 e. The van der Waals surface area contributed by atoms with Crippen molar-refractivity contribution in [1.29, 1.82) is 0 Å². The van der Waals surface area contributed by atoms with Crippen LogP contribution in [0, 0.1) is 11.6 Å². The van der Waals surface area contributed by atoms with Crippen LogP contribution >= 0.6 is 0 Å². The van der Waals surface area contributed by atoms with E-state index in [1.165, 1.54) is 0 Å². The predicted molar refractivity (Wildman–Crippen MR) is 69.4 cm³/mol. The molecule has 1 aromatic carbocycles. The largest absolute Gasteiger partial charge is 0.380 e. The molecule has 0 saturated carbocycles. The number of nitrogens with two attached hydrogens (primary N) is 1. The van der Waals surface area contributed by atoms with E-state index < -0.39 is 28.3 Å². The molecular formula is C12H14F2N2O2S. The van der Waals surface area contributed by atoms with Gasteiger partial charge >= 0.3 is 0 Å². The highest BCUT2D eigenvalue weighted by molar-refractivity contribution is 7.85. The quantitative estimate of drug-likeness (QED) is 0.882. The lowest BCUT2D eigenvalue weighted by molar-refractivity contribution is 0.0996. The molecule has 0 spiro atoms. The van der Waals surface area contributed by atoms with Crippen LogP contribution in [0.15, 0.2) is 12.1 Å². The van der Waals surface area contributed by atoms with Crippen LogP contribution in [0.25, 0.3) is 0 Å². The van der Waals surface area contributed by atoms with Gasteiger partial charge in [-0.3, -0.25) is 9.00 Å². The van der Waals surface area contributed by atoms with Gasteiger partial charge in [0.2, 0.25) is 0 Å². The Morgan fingerprint density at radius 1 is 1.26 bits per heavy atom. The summed E-state index contributed by atoms with van der Waals surface area (Å²) in [5, 5.41) is 2.91. The summed E-state index contributed by atoms with van der Waals surface area (Å²) in [5.41, 5.74) is 4.72. The van der Waals surface area contributed by atoms with E-state index in [0.717, 1.165) is 6.07 Å². The first-order valence-corrected chi connectivity index (χ1v) is 7.36. The van der Waals surface area contributed by atoms with Crippen molar-refractivity contribution in [3.05, 3.63) is 29.3 Å². The van der Waals surface area contributed by atoms with E-state index in [1.54, 1.807) is 0 Å². The van der Waals surface area contributed by atoms with Gasteiger partial charge in [-0.05, 0) is 18.9 Å². The fourth-order valence-corrected chi connectivity index (χ4v) is 3.31. The third-order valence-corrected chi connectivity index (χ3v) is 4.45. The van der Waals surface area contributed by atoms with Crippen LogP contribution in [0.2, 0.25) is 0 Å². The van der Waals surface area contributed by atoms with Crippen LogP contribution in [-0.4, -0.2) is 27.7 Å². The topological polar surface area (TPSA) is 72.2 Å². The van der Waals surface area contributed by atoms with Crippen molar-refractivity contribution in [1.82, 2.24) is 0 Å². The van der Waals surface area contributed by atoms with Gasteiger partial charge in [-0.15, -0.1) is 0 Å². The highest BCUT2D eigenvalue weighted by Crippen LogP contribution is 2.22.